The van der Waals surface area contributed by atoms with Gasteiger partial charge in [-0.15, -0.1) is 15.0 Å². The van der Waals surface area contributed by atoms with E-state index in [2.05, 4.69) is 26.1 Å². The number of aromatic nitrogens is 2. The summed E-state index contributed by atoms with van der Waals surface area (Å²) in [6.07, 6.45) is 0. The molecule has 36 heavy (non-hydrogen) atoms. The van der Waals surface area contributed by atoms with E-state index in [1.165, 1.54) is 0 Å². The van der Waals surface area contributed by atoms with Gasteiger partial charge >= 0.3 is 11.9 Å². The molecule has 0 unspecified atom stereocenters. The van der Waals surface area contributed by atoms with E-state index in [1.54, 1.807) is 74.5 Å². The predicted octanol–water partition coefficient (Wildman–Crippen LogP) is 4.01. The third-order valence-corrected chi connectivity index (χ3v) is 4.51. The van der Waals surface area contributed by atoms with Crippen LogP contribution in [0.1, 0.15) is 24.2 Å². The maximum Gasteiger partial charge on any atom is 0.352 e. The maximum absolute atomic E-state index is 12.6. The van der Waals surface area contributed by atoms with Crippen LogP contribution in [0.4, 0.5) is 23.0 Å². The van der Waals surface area contributed by atoms with Crippen molar-refractivity contribution in [2.75, 3.05) is 29.6 Å². The largest absolute Gasteiger partial charge is 0.462 e. The van der Waals surface area contributed by atoms with Gasteiger partial charge in [-0.1, -0.05) is 36.4 Å². The molecular weight excluding hydrogens is 464 g/mol. The molecule has 3 rings (SSSR count). The Morgan fingerprint density at radius 1 is 1.03 bits per heavy atom. The van der Waals surface area contributed by atoms with Gasteiger partial charge < -0.3 is 25.8 Å². The number of nitrogens with zero attached hydrogens (tertiary/aromatic N) is 5. The second kappa shape index (κ2) is 12.3. The third kappa shape index (κ3) is 6.23. The van der Waals surface area contributed by atoms with Crippen molar-refractivity contribution in [2.45, 2.75) is 13.8 Å². The number of anilines is 4. The summed E-state index contributed by atoms with van der Waals surface area (Å²) in [7, 11) is 0. The predicted molar refractivity (Wildman–Crippen MR) is 132 cm³/mol. The van der Waals surface area contributed by atoms with Crippen LogP contribution in [-0.4, -0.2) is 35.0 Å². The molecule has 0 amide bonds. The molecule has 0 aliphatic carbocycles. The highest BCUT2D eigenvalue weighted by atomic mass is 16.5. The molecular formula is C24H24N8O4. The van der Waals surface area contributed by atoms with Crippen LogP contribution in [0.15, 0.2) is 82.4 Å². The monoisotopic (exact) mass is 488 g/mol. The topological polar surface area (TPSA) is 169 Å². The number of carbonyl (C=O) groups excluding carboxylic acids is 2. The van der Waals surface area contributed by atoms with Crippen molar-refractivity contribution >= 4 is 34.9 Å². The number of nitrogen functional groups attached to an aromatic ring is 1. The van der Waals surface area contributed by atoms with Gasteiger partial charge in [0.1, 0.15) is 11.6 Å². The van der Waals surface area contributed by atoms with Gasteiger partial charge in [0.2, 0.25) is 0 Å². The molecule has 1 aromatic heterocycles. The number of hydrogen-bond acceptors (Lipinski definition) is 11. The highest BCUT2D eigenvalue weighted by Gasteiger charge is 2.24. The van der Waals surface area contributed by atoms with Crippen LogP contribution in [0, 0.1) is 11.3 Å². The average molecular weight is 489 g/mol. The summed E-state index contributed by atoms with van der Waals surface area (Å²) in [5.74, 6) is -1.87. The zero-order valence-electron chi connectivity index (χ0n) is 19.6. The van der Waals surface area contributed by atoms with Crippen LogP contribution >= 0.6 is 0 Å². The van der Waals surface area contributed by atoms with Crippen LogP contribution in [0.2, 0.25) is 0 Å². The summed E-state index contributed by atoms with van der Waals surface area (Å²) >= 11 is 0. The number of hydrogen-bond donors (Lipinski definition) is 3. The normalized spacial score (nSPS) is 11.4. The first kappa shape index (κ1) is 25.4. The minimum Gasteiger partial charge on any atom is -0.462 e. The Labute approximate surface area is 207 Å². The lowest BCUT2D eigenvalue weighted by Crippen LogP contribution is -2.12. The van der Waals surface area contributed by atoms with E-state index in [1.807, 2.05) is 6.07 Å². The highest BCUT2D eigenvalue weighted by molar-refractivity contribution is 6.00. The van der Waals surface area contributed by atoms with E-state index in [0.717, 1.165) is 4.79 Å². The molecule has 0 fully saturated rings. The smallest absolute Gasteiger partial charge is 0.352 e. The van der Waals surface area contributed by atoms with E-state index in [0.29, 0.717) is 11.4 Å². The van der Waals surface area contributed by atoms with Crippen molar-refractivity contribution in [3.63, 3.8) is 0 Å². The average Bonchev–Trinajstić information content (AvgIpc) is 3.19. The van der Waals surface area contributed by atoms with Gasteiger partial charge in [0, 0.05) is 11.4 Å². The first-order chi connectivity index (χ1) is 17.5. The molecule has 0 radical (unpaired) electrons. The molecule has 12 nitrogen and oxygen atoms in total. The van der Waals surface area contributed by atoms with Gasteiger partial charge in [-0.25, -0.2) is 9.59 Å². The van der Waals surface area contributed by atoms with Gasteiger partial charge in [0.25, 0.3) is 0 Å². The number of carbonyl (C=O) groups is 2. The molecule has 3 aromatic rings. The molecule has 12 heteroatoms. The van der Waals surface area contributed by atoms with Crippen molar-refractivity contribution in [3.8, 4) is 6.07 Å². The van der Waals surface area contributed by atoms with E-state index in [4.69, 9.17) is 15.2 Å². The fourth-order valence-corrected chi connectivity index (χ4v) is 2.92. The van der Waals surface area contributed by atoms with Gasteiger partial charge in [0.05, 0.1) is 13.2 Å². The Morgan fingerprint density at radius 3 is 2.22 bits per heavy atom. The Hall–Kier alpha value is -5.18. The lowest BCUT2D eigenvalue weighted by Gasteiger charge is -2.08. The van der Waals surface area contributed by atoms with Crippen LogP contribution in [0.25, 0.3) is 0 Å². The molecule has 0 spiro atoms. The lowest BCUT2D eigenvalue weighted by atomic mass is 10.2. The summed E-state index contributed by atoms with van der Waals surface area (Å²) in [4.78, 5) is 25.8. The zero-order valence-corrected chi connectivity index (χ0v) is 19.6. The number of nitrogens with two attached hydrogens (primary N) is 1. The quantitative estimate of drug-likeness (QED) is 0.165. The van der Waals surface area contributed by atoms with E-state index in [9.17, 15) is 14.9 Å². The van der Waals surface area contributed by atoms with Crippen molar-refractivity contribution < 1.29 is 19.1 Å². The Balaban J connectivity index is 2.05. The number of rotatable bonds is 10. The van der Waals surface area contributed by atoms with Crippen LogP contribution in [0.5, 0.6) is 0 Å². The fraction of sp³-hybridized carbons (Fsp3) is 0.167. The number of nitriles is 1. The van der Waals surface area contributed by atoms with Crippen LogP contribution < -0.4 is 16.4 Å². The number of nitrogens with one attached hydrogen (secondary N) is 2. The zero-order chi connectivity index (χ0) is 25.9. The van der Waals surface area contributed by atoms with E-state index < -0.39 is 17.5 Å². The first-order valence-electron chi connectivity index (χ1n) is 10.9. The third-order valence-electron chi connectivity index (χ3n) is 4.51. The Morgan fingerprint density at radius 2 is 1.64 bits per heavy atom. The molecule has 0 atom stereocenters. The van der Waals surface area contributed by atoms with Crippen LogP contribution in [0.3, 0.4) is 0 Å². The van der Waals surface area contributed by atoms with Crippen molar-refractivity contribution in [3.05, 3.63) is 77.6 Å². The minimum absolute atomic E-state index is 0.0490. The summed E-state index contributed by atoms with van der Waals surface area (Å²) in [6.45, 7) is 3.45. The van der Waals surface area contributed by atoms with Gasteiger partial charge in [-0.2, -0.15) is 5.26 Å². The van der Waals surface area contributed by atoms with Gasteiger partial charge in [-0.3, -0.25) is 0 Å². The summed E-state index contributed by atoms with van der Waals surface area (Å²) in [5, 5.41) is 27.7. The summed E-state index contributed by atoms with van der Waals surface area (Å²) in [6, 6.07) is 19.5. The molecule has 4 N–H and O–H groups in total. The molecule has 2 aromatic carbocycles. The number of esters is 2. The van der Waals surface area contributed by atoms with Gasteiger partial charge in [0.15, 0.2) is 23.0 Å². The van der Waals surface area contributed by atoms with Gasteiger partial charge in [-0.05, 0) is 43.3 Å². The molecule has 0 saturated carbocycles. The molecule has 0 bridgehead atoms. The number of ether oxygens (including phenoxy) is 2. The van der Waals surface area contributed by atoms with Crippen LogP contribution in [-0.2, 0) is 14.3 Å². The summed E-state index contributed by atoms with van der Waals surface area (Å²) in [5.41, 5.74) is 6.88. The molecule has 1 heterocycles. The Bertz CT molecular complexity index is 1310. The molecule has 0 aliphatic rings. The number of benzene rings is 2. The standard InChI is InChI=1S/C24H24N8O4/c1-3-35-23(33)18(15-25)21(27-16-11-7-5-8-12-16)29-31-32-20(26)19(24(34)36-4-2)22(30-32)28-17-13-9-6-10-14-17/h5-14,27H,3-4,26H2,1-2H3,(H,28,30)/b21-18+,31-29?. The van der Waals surface area contributed by atoms with Crippen molar-refractivity contribution in [1.82, 2.24) is 9.89 Å². The van der Waals surface area contributed by atoms with E-state index in [-0.39, 0.29) is 36.2 Å². The summed E-state index contributed by atoms with van der Waals surface area (Å²) < 4.78 is 10.1. The minimum atomic E-state index is -0.885. The number of para-hydroxylation sites is 2. The lowest BCUT2D eigenvalue weighted by molar-refractivity contribution is -0.138. The van der Waals surface area contributed by atoms with E-state index >= 15 is 0 Å². The fourth-order valence-electron chi connectivity index (χ4n) is 2.92. The maximum atomic E-state index is 12.6. The second-order valence-corrected chi connectivity index (χ2v) is 6.95. The van der Waals surface area contributed by atoms with Crippen molar-refractivity contribution in [2.24, 2.45) is 10.3 Å². The molecule has 0 aliphatic heterocycles. The highest BCUT2D eigenvalue weighted by Crippen LogP contribution is 2.26. The Kier molecular flexibility index (Phi) is 8.71. The van der Waals surface area contributed by atoms with Crippen molar-refractivity contribution in [1.29, 1.82) is 5.26 Å². The SMILES string of the molecule is CCOC(=O)/C(C#N)=C(/N=Nn1nc(Nc2ccccc2)c(C(=O)OCC)c1N)Nc1ccccc1. The molecule has 184 valence electrons. The molecule has 0 saturated heterocycles. The first-order valence-corrected chi connectivity index (χ1v) is 10.9. The second-order valence-electron chi connectivity index (χ2n) is 6.95.